The van der Waals surface area contributed by atoms with E-state index < -0.39 is 30.0 Å². The second-order valence-electron chi connectivity index (χ2n) is 7.03. The fourth-order valence-corrected chi connectivity index (χ4v) is 3.34. The topological polar surface area (TPSA) is 168 Å². The summed E-state index contributed by atoms with van der Waals surface area (Å²) in [6.07, 6.45) is 2.04. The van der Waals surface area contributed by atoms with E-state index in [0.29, 0.717) is 13.0 Å². The van der Waals surface area contributed by atoms with Gasteiger partial charge in [0.15, 0.2) is 11.5 Å². The number of nitrogens with two attached hydrogens (primary N) is 2. The molecule has 1 aliphatic heterocycles. The Hall–Kier alpha value is -2.85. The second-order valence-corrected chi connectivity index (χ2v) is 7.03. The van der Waals surface area contributed by atoms with E-state index in [1.165, 1.54) is 30.2 Å². The molecule has 0 aromatic heterocycles. The van der Waals surface area contributed by atoms with Crippen LogP contribution in [0.15, 0.2) is 18.2 Å². The number of hydrogen-bond acceptors (Lipinski definition) is 7. The van der Waals surface area contributed by atoms with E-state index in [9.17, 15) is 24.6 Å². The highest BCUT2D eigenvalue weighted by Gasteiger charge is 2.41. The molecule has 1 fully saturated rings. The van der Waals surface area contributed by atoms with Crippen molar-refractivity contribution in [3.8, 4) is 11.5 Å². The molecule has 10 heteroatoms. The maximum atomic E-state index is 12.8. The maximum Gasteiger partial charge on any atom is 0.326 e. The van der Waals surface area contributed by atoms with Gasteiger partial charge in [0.2, 0.25) is 5.91 Å². The Morgan fingerprint density at radius 2 is 2.07 bits per heavy atom. The van der Waals surface area contributed by atoms with E-state index in [1.807, 2.05) is 0 Å². The third-order valence-corrected chi connectivity index (χ3v) is 4.93. The van der Waals surface area contributed by atoms with Gasteiger partial charge in [0, 0.05) is 24.6 Å². The number of amides is 2. The number of benzene rings is 1. The van der Waals surface area contributed by atoms with Crippen LogP contribution in [0.1, 0.15) is 36.0 Å². The van der Waals surface area contributed by atoms with Crippen molar-refractivity contribution in [1.29, 1.82) is 0 Å². The highest BCUT2D eigenvalue weighted by atomic mass is 16.5. The average Bonchev–Trinajstić information content (AvgIpc) is 3.11. The molecule has 3 atom stereocenters. The number of aliphatic carboxylic acids is 1. The quantitative estimate of drug-likeness (QED) is 0.345. The zero-order valence-corrected chi connectivity index (χ0v) is 16.3. The lowest BCUT2D eigenvalue weighted by molar-refractivity contribution is -0.141. The summed E-state index contributed by atoms with van der Waals surface area (Å²) in [4.78, 5) is 37.9. The Bertz CT molecular complexity index is 756. The normalized spacial score (nSPS) is 19.6. The van der Waals surface area contributed by atoms with Gasteiger partial charge >= 0.3 is 5.97 Å². The van der Waals surface area contributed by atoms with E-state index in [4.69, 9.17) is 16.2 Å². The van der Waals surface area contributed by atoms with Gasteiger partial charge in [-0.1, -0.05) is 6.42 Å². The van der Waals surface area contributed by atoms with Crippen molar-refractivity contribution in [2.24, 2.45) is 11.5 Å². The Balaban J connectivity index is 2.06. The van der Waals surface area contributed by atoms with Crippen molar-refractivity contribution in [3.63, 3.8) is 0 Å². The summed E-state index contributed by atoms with van der Waals surface area (Å²) in [5.74, 6) is -2.13. The van der Waals surface area contributed by atoms with Crippen molar-refractivity contribution in [2.45, 2.75) is 43.8 Å². The molecule has 1 heterocycles. The molecule has 0 unspecified atom stereocenters. The first-order chi connectivity index (χ1) is 13.8. The first-order valence-electron chi connectivity index (χ1n) is 9.45. The van der Waals surface area contributed by atoms with Gasteiger partial charge in [-0.05, 0) is 37.6 Å². The van der Waals surface area contributed by atoms with Crippen LogP contribution in [-0.4, -0.2) is 71.2 Å². The van der Waals surface area contributed by atoms with Crippen LogP contribution in [0.4, 0.5) is 0 Å². The van der Waals surface area contributed by atoms with Crippen LogP contribution in [-0.2, 0) is 9.59 Å². The first-order valence-corrected chi connectivity index (χ1v) is 9.45. The lowest BCUT2D eigenvalue weighted by Crippen LogP contribution is -2.46. The van der Waals surface area contributed by atoms with Crippen LogP contribution in [0.3, 0.4) is 0 Å². The summed E-state index contributed by atoms with van der Waals surface area (Å²) in [5, 5.41) is 22.1. The van der Waals surface area contributed by atoms with Gasteiger partial charge in [-0.3, -0.25) is 9.59 Å². The molecule has 1 aromatic carbocycles. The van der Waals surface area contributed by atoms with Gasteiger partial charge in [-0.2, -0.15) is 0 Å². The molecular formula is C19H28N4O6. The summed E-state index contributed by atoms with van der Waals surface area (Å²) in [6, 6.07) is 1.76. The van der Waals surface area contributed by atoms with E-state index in [1.54, 1.807) is 0 Å². The fraction of sp³-hybridized carbons (Fsp3) is 0.526. The molecular weight excluding hydrogens is 380 g/mol. The minimum absolute atomic E-state index is 0.0316. The molecule has 1 saturated heterocycles. The number of methoxy groups -OCH3 is 1. The minimum atomic E-state index is -1.17. The number of phenolic OH excluding ortho intramolecular Hbond substituents is 1. The molecule has 2 rings (SSSR count). The van der Waals surface area contributed by atoms with Crippen LogP contribution in [0.25, 0.3) is 0 Å². The third kappa shape index (κ3) is 5.58. The number of ether oxygens (including phenoxy) is 1. The lowest BCUT2D eigenvalue weighted by Gasteiger charge is -2.22. The smallest absolute Gasteiger partial charge is 0.326 e. The lowest BCUT2D eigenvalue weighted by atomic mass is 10.1. The first kappa shape index (κ1) is 22.4. The number of hydrogen-bond donors (Lipinski definition) is 5. The summed E-state index contributed by atoms with van der Waals surface area (Å²) in [6.45, 7) is 0.555. The van der Waals surface area contributed by atoms with Gasteiger partial charge in [0.25, 0.3) is 5.91 Å². The molecule has 7 N–H and O–H groups in total. The second kappa shape index (κ2) is 10.1. The highest BCUT2D eigenvalue weighted by molar-refractivity contribution is 5.97. The largest absolute Gasteiger partial charge is 0.504 e. The van der Waals surface area contributed by atoms with Crippen molar-refractivity contribution in [1.82, 2.24) is 10.2 Å². The molecule has 1 aliphatic rings. The number of rotatable bonds is 9. The minimum Gasteiger partial charge on any atom is -0.504 e. The van der Waals surface area contributed by atoms with Crippen molar-refractivity contribution >= 4 is 17.8 Å². The zero-order valence-electron chi connectivity index (χ0n) is 16.3. The third-order valence-electron chi connectivity index (χ3n) is 4.93. The Morgan fingerprint density at radius 1 is 1.34 bits per heavy atom. The zero-order chi connectivity index (χ0) is 21.6. The fourth-order valence-electron chi connectivity index (χ4n) is 3.34. The predicted molar refractivity (Wildman–Crippen MR) is 105 cm³/mol. The van der Waals surface area contributed by atoms with E-state index in [-0.39, 0.29) is 35.9 Å². The van der Waals surface area contributed by atoms with Crippen molar-refractivity contribution < 1.29 is 29.3 Å². The highest BCUT2D eigenvalue weighted by Crippen LogP contribution is 2.28. The van der Waals surface area contributed by atoms with Crippen molar-refractivity contribution in [3.05, 3.63) is 23.8 Å². The number of carboxylic acid groups (broad SMARTS) is 1. The number of phenols is 1. The Morgan fingerprint density at radius 3 is 2.66 bits per heavy atom. The number of nitrogens with zero attached hydrogens (tertiary/aromatic N) is 1. The summed E-state index contributed by atoms with van der Waals surface area (Å²) in [7, 11) is 1.38. The molecule has 0 bridgehead atoms. The molecule has 0 saturated carbocycles. The molecule has 0 aliphatic carbocycles. The van der Waals surface area contributed by atoms with Gasteiger partial charge in [0.1, 0.15) is 6.04 Å². The molecule has 0 radical (unpaired) electrons. The molecule has 1 aromatic rings. The summed E-state index contributed by atoms with van der Waals surface area (Å²) >= 11 is 0. The van der Waals surface area contributed by atoms with Crippen LogP contribution in [0.5, 0.6) is 11.5 Å². The number of aromatic hydroxyl groups is 1. The van der Waals surface area contributed by atoms with E-state index in [0.717, 1.165) is 12.8 Å². The van der Waals surface area contributed by atoms with Crippen molar-refractivity contribution in [2.75, 3.05) is 20.2 Å². The number of carbonyl (C=O) groups excluding carboxylic acids is 2. The number of likely N-dealkylation sites (tertiary alicyclic amines) is 1. The molecule has 0 spiro atoms. The standard InChI is InChI=1S/C19H28N4O6/c1-29-16-6-5-11(8-15(16)24)18(26)23-10-12(9-14(23)19(27)28)22-17(25)13(21)4-2-3-7-20/h5-6,8,12-14,24H,2-4,7,9-10,20-21H2,1H3,(H,22,25)(H,27,28)/t12-,13-,14-/m0/s1. The monoisotopic (exact) mass is 408 g/mol. The number of unbranched alkanes of at least 4 members (excludes halogenated alkanes) is 1. The van der Waals surface area contributed by atoms with E-state index >= 15 is 0 Å². The van der Waals surface area contributed by atoms with Crippen LogP contribution < -0.4 is 21.5 Å². The molecule has 2 amide bonds. The average molecular weight is 408 g/mol. The number of carboxylic acids is 1. The van der Waals surface area contributed by atoms with Gasteiger partial charge in [-0.25, -0.2) is 4.79 Å². The van der Waals surface area contributed by atoms with Crippen LogP contribution in [0.2, 0.25) is 0 Å². The summed E-state index contributed by atoms with van der Waals surface area (Å²) in [5.41, 5.74) is 11.4. The summed E-state index contributed by atoms with van der Waals surface area (Å²) < 4.78 is 4.95. The number of carbonyl (C=O) groups is 3. The van der Waals surface area contributed by atoms with Crippen LogP contribution >= 0.6 is 0 Å². The Kier molecular flexibility index (Phi) is 7.80. The number of nitrogens with one attached hydrogen (secondary N) is 1. The van der Waals surface area contributed by atoms with Crippen LogP contribution in [0, 0.1) is 0 Å². The molecule has 29 heavy (non-hydrogen) atoms. The van der Waals surface area contributed by atoms with Gasteiger partial charge in [0.05, 0.1) is 13.2 Å². The molecule has 160 valence electrons. The SMILES string of the molecule is COc1ccc(C(=O)N2C[C@@H](NC(=O)[C@@H](N)CCCCN)C[C@H]2C(=O)O)cc1O. The Labute approximate surface area is 168 Å². The predicted octanol–water partition coefficient (Wildman–Crippen LogP) is -0.359. The maximum absolute atomic E-state index is 12.8. The van der Waals surface area contributed by atoms with Gasteiger partial charge in [-0.15, -0.1) is 0 Å². The van der Waals surface area contributed by atoms with E-state index in [2.05, 4.69) is 5.32 Å². The molecule has 10 nitrogen and oxygen atoms in total. The van der Waals surface area contributed by atoms with Gasteiger partial charge < -0.3 is 36.6 Å².